The number of benzene rings is 6. The third kappa shape index (κ3) is 5.69. The quantitative estimate of drug-likeness (QED) is 0.177. The maximum Gasteiger partial charge on any atom is 0.160 e. The molecule has 2 aromatic heterocycles. The second-order valence-corrected chi connectivity index (χ2v) is 14.0. The molecule has 0 bridgehead atoms. The summed E-state index contributed by atoms with van der Waals surface area (Å²) in [4.78, 5) is 19.7. The van der Waals surface area contributed by atoms with Gasteiger partial charge in [0.1, 0.15) is 0 Å². The summed E-state index contributed by atoms with van der Waals surface area (Å²) in [7, 11) is 0. The molecule has 0 radical (unpaired) electrons. The Bertz CT molecular complexity index is 2550. The van der Waals surface area contributed by atoms with Gasteiger partial charge < -0.3 is 0 Å². The van der Waals surface area contributed by atoms with Gasteiger partial charge in [-0.3, -0.25) is 0 Å². The van der Waals surface area contributed by atoms with Crippen molar-refractivity contribution in [1.82, 2.24) is 19.9 Å². The van der Waals surface area contributed by atoms with Gasteiger partial charge in [-0.15, -0.1) is 0 Å². The molecule has 4 nitrogen and oxygen atoms in total. The number of nitrogens with zero attached hydrogens (tertiary/aromatic N) is 4. The van der Waals surface area contributed by atoms with Crippen LogP contribution >= 0.6 is 0 Å². The van der Waals surface area contributed by atoms with Crippen molar-refractivity contribution >= 4 is 0 Å². The Morgan fingerprint density at radius 3 is 1.63 bits per heavy atom. The van der Waals surface area contributed by atoms with E-state index < -0.39 is 0 Å². The molecule has 0 amide bonds. The molecule has 2 heterocycles. The normalized spacial score (nSPS) is 12.7. The van der Waals surface area contributed by atoms with E-state index in [0.717, 1.165) is 61.6 Å². The topological polar surface area (TPSA) is 51.6 Å². The first kappa shape index (κ1) is 31.5. The molecule has 0 saturated carbocycles. The largest absolute Gasteiger partial charge is 0.237 e. The van der Waals surface area contributed by atoms with Crippen LogP contribution in [-0.2, 0) is 5.41 Å². The fraction of sp³-hybridized carbons (Fsp3) is 0.0833. The van der Waals surface area contributed by atoms with Gasteiger partial charge in [0.15, 0.2) is 11.6 Å². The van der Waals surface area contributed by atoms with Crippen LogP contribution < -0.4 is 0 Å². The highest BCUT2D eigenvalue weighted by Crippen LogP contribution is 2.49. The summed E-state index contributed by atoms with van der Waals surface area (Å²) in [6.45, 7) is 6.64. The van der Waals surface area contributed by atoms with Crippen LogP contribution in [0.3, 0.4) is 0 Å². The van der Waals surface area contributed by atoms with E-state index in [4.69, 9.17) is 15.0 Å². The van der Waals surface area contributed by atoms with Crippen molar-refractivity contribution < 1.29 is 0 Å². The monoisotopic (exact) mass is 668 g/mol. The van der Waals surface area contributed by atoms with E-state index in [0.29, 0.717) is 11.6 Å². The van der Waals surface area contributed by atoms with E-state index >= 15 is 0 Å². The first-order valence-electron chi connectivity index (χ1n) is 17.7. The molecule has 0 atom stereocenters. The van der Waals surface area contributed by atoms with Crippen LogP contribution in [0.5, 0.6) is 0 Å². The number of hydrogen-bond acceptors (Lipinski definition) is 4. The van der Waals surface area contributed by atoms with E-state index in [2.05, 4.69) is 158 Å². The maximum absolute atomic E-state index is 5.22. The molecule has 8 aromatic rings. The van der Waals surface area contributed by atoms with Crippen molar-refractivity contribution in [3.63, 3.8) is 0 Å². The number of rotatable bonds is 6. The number of aryl methyl sites for hydroxylation is 1. The Morgan fingerprint density at radius 2 is 0.942 bits per heavy atom. The van der Waals surface area contributed by atoms with E-state index in [1.165, 1.54) is 22.3 Å². The van der Waals surface area contributed by atoms with Crippen molar-refractivity contribution in [3.8, 4) is 78.7 Å². The molecule has 9 rings (SSSR count). The molecule has 248 valence electrons. The first-order chi connectivity index (χ1) is 25.4. The van der Waals surface area contributed by atoms with Crippen molar-refractivity contribution in [3.05, 3.63) is 181 Å². The lowest BCUT2D eigenvalue weighted by molar-refractivity contribution is 0.660. The number of fused-ring (bicyclic) bond motifs is 3. The molecular weight excluding hydrogens is 633 g/mol. The highest BCUT2D eigenvalue weighted by molar-refractivity contribution is 5.87. The Kier molecular flexibility index (Phi) is 7.66. The lowest BCUT2D eigenvalue weighted by Crippen LogP contribution is -2.14. The van der Waals surface area contributed by atoms with Crippen molar-refractivity contribution in [2.45, 2.75) is 26.2 Å². The third-order valence-corrected chi connectivity index (χ3v) is 10.2. The predicted octanol–water partition coefficient (Wildman–Crippen LogP) is 11.9. The third-order valence-electron chi connectivity index (χ3n) is 10.2. The van der Waals surface area contributed by atoms with E-state index in [-0.39, 0.29) is 5.41 Å². The molecule has 0 spiro atoms. The minimum Gasteiger partial charge on any atom is -0.237 e. The van der Waals surface area contributed by atoms with Gasteiger partial charge in [-0.05, 0) is 93.9 Å². The minimum atomic E-state index is -0.0602. The lowest BCUT2D eigenvalue weighted by atomic mass is 9.82. The summed E-state index contributed by atoms with van der Waals surface area (Å²) in [6, 6.07) is 55.7. The summed E-state index contributed by atoms with van der Waals surface area (Å²) >= 11 is 0. The van der Waals surface area contributed by atoms with E-state index in [1.807, 2.05) is 31.3 Å². The zero-order chi connectivity index (χ0) is 35.2. The van der Waals surface area contributed by atoms with Crippen LogP contribution in [0.1, 0.15) is 30.7 Å². The average Bonchev–Trinajstić information content (AvgIpc) is 3.43. The summed E-state index contributed by atoms with van der Waals surface area (Å²) < 4.78 is 0. The van der Waals surface area contributed by atoms with Crippen molar-refractivity contribution in [2.24, 2.45) is 0 Å². The molecular formula is C48H36N4. The Morgan fingerprint density at radius 1 is 0.385 bits per heavy atom. The fourth-order valence-electron chi connectivity index (χ4n) is 7.51. The second kappa shape index (κ2) is 12.7. The molecule has 4 heteroatoms. The Labute approximate surface area is 304 Å². The van der Waals surface area contributed by atoms with Gasteiger partial charge in [-0.2, -0.15) is 0 Å². The molecule has 0 saturated heterocycles. The van der Waals surface area contributed by atoms with Gasteiger partial charge in [-0.1, -0.05) is 129 Å². The Balaban J connectivity index is 1.26. The van der Waals surface area contributed by atoms with Gasteiger partial charge >= 0.3 is 0 Å². The van der Waals surface area contributed by atoms with Gasteiger partial charge in [-0.25, -0.2) is 19.9 Å². The Hall–Kier alpha value is -6.52. The summed E-state index contributed by atoms with van der Waals surface area (Å²) in [5.74, 6) is 1.39. The van der Waals surface area contributed by atoms with E-state index in [1.54, 1.807) is 0 Å². The second-order valence-electron chi connectivity index (χ2n) is 14.0. The first-order valence-corrected chi connectivity index (χ1v) is 17.7. The molecule has 0 aliphatic heterocycles. The summed E-state index contributed by atoms with van der Waals surface area (Å²) in [5.41, 5.74) is 16.3. The van der Waals surface area contributed by atoms with Gasteiger partial charge in [0.2, 0.25) is 0 Å². The fourth-order valence-corrected chi connectivity index (χ4v) is 7.51. The maximum atomic E-state index is 5.22. The SMILES string of the molecule is Cc1ccnc(-c2cccc(-c3cc(-c4ccc5c(c4)-c4ccccc4C5(C)C)cc(-c4nc(-c5ccccc5)cc(-c5ccccc5)n4)c3)c2)n1. The summed E-state index contributed by atoms with van der Waals surface area (Å²) in [5, 5.41) is 0. The van der Waals surface area contributed by atoms with Crippen LogP contribution in [0.15, 0.2) is 164 Å². The van der Waals surface area contributed by atoms with Gasteiger partial charge in [0.05, 0.1) is 11.4 Å². The molecule has 6 aromatic carbocycles. The zero-order valence-corrected chi connectivity index (χ0v) is 29.4. The molecule has 0 unspecified atom stereocenters. The van der Waals surface area contributed by atoms with Crippen molar-refractivity contribution in [2.75, 3.05) is 0 Å². The van der Waals surface area contributed by atoms with Crippen molar-refractivity contribution in [1.29, 1.82) is 0 Å². The van der Waals surface area contributed by atoms with E-state index in [9.17, 15) is 0 Å². The minimum absolute atomic E-state index is 0.0602. The molecule has 1 aliphatic carbocycles. The molecule has 0 N–H and O–H groups in total. The highest BCUT2D eigenvalue weighted by atomic mass is 14.9. The van der Waals surface area contributed by atoms with Crippen LogP contribution in [-0.4, -0.2) is 19.9 Å². The smallest absolute Gasteiger partial charge is 0.160 e. The van der Waals surface area contributed by atoms with Gasteiger partial charge in [0.25, 0.3) is 0 Å². The summed E-state index contributed by atoms with van der Waals surface area (Å²) in [6.07, 6.45) is 1.82. The van der Waals surface area contributed by atoms with Crippen LogP contribution in [0.25, 0.3) is 78.7 Å². The lowest BCUT2D eigenvalue weighted by Gasteiger charge is -2.21. The van der Waals surface area contributed by atoms with Gasteiger partial charge in [0, 0.05) is 39.6 Å². The molecule has 52 heavy (non-hydrogen) atoms. The number of aromatic nitrogens is 4. The average molecular weight is 669 g/mol. The van der Waals surface area contributed by atoms with Crippen LogP contribution in [0.4, 0.5) is 0 Å². The van der Waals surface area contributed by atoms with Crippen LogP contribution in [0, 0.1) is 6.92 Å². The molecule has 1 aliphatic rings. The highest BCUT2D eigenvalue weighted by Gasteiger charge is 2.35. The number of hydrogen-bond donors (Lipinski definition) is 0. The molecule has 0 fully saturated rings. The zero-order valence-electron chi connectivity index (χ0n) is 29.4. The standard InChI is InChI=1S/C48H36N4/c1-31-23-24-49-46(50-31)36-18-12-17-34(25-36)37-26-38(35-21-22-43-41(29-35)40-19-10-11-20-42(40)48(43,2)3)28-39(27-37)47-51-44(32-13-6-4-7-14-32)30-45(52-47)33-15-8-5-9-16-33/h4-30H,1-3H3. The predicted molar refractivity (Wildman–Crippen MR) is 213 cm³/mol. The van der Waals surface area contributed by atoms with Crippen LogP contribution in [0.2, 0.25) is 0 Å².